The molecule has 27 heavy (non-hydrogen) atoms. The molecule has 0 unspecified atom stereocenters. The molecular formula is C22H25ClN2O2. The summed E-state index contributed by atoms with van der Waals surface area (Å²) in [5, 5.41) is 4.30. The van der Waals surface area contributed by atoms with Gasteiger partial charge in [0.05, 0.1) is 12.6 Å². The predicted octanol–water partition coefficient (Wildman–Crippen LogP) is 3.95. The van der Waals surface area contributed by atoms with Crippen LogP contribution in [0.1, 0.15) is 36.4 Å². The van der Waals surface area contributed by atoms with Crippen LogP contribution in [0.2, 0.25) is 5.02 Å². The fraction of sp³-hybridized carbons (Fsp3) is 0.409. The van der Waals surface area contributed by atoms with Gasteiger partial charge in [-0.05, 0) is 42.5 Å². The second kappa shape index (κ2) is 8.42. The Bertz CT molecular complexity index is 766. The molecule has 5 heteroatoms. The number of benzene rings is 2. The first kappa shape index (κ1) is 18.5. The summed E-state index contributed by atoms with van der Waals surface area (Å²) in [6.07, 6.45) is 2.75. The van der Waals surface area contributed by atoms with E-state index in [1.165, 1.54) is 6.42 Å². The zero-order chi connectivity index (χ0) is 18.6. The summed E-state index contributed by atoms with van der Waals surface area (Å²) in [4.78, 5) is 15.4. The number of amides is 1. The second-order valence-electron chi connectivity index (χ2n) is 7.34. The number of rotatable bonds is 4. The lowest BCUT2D eigenvalue weighted by molar-refractivity contribution is -0.148. The third-order valence-electron chi connectivity index (χ3n) is 5.53. The zero-order valence-electron chi connectivity index (χ0n) is 15.3. The lowest BCUT2D eigenvalue weighted by Crippen LogP contribution is -2.48. The molecule has 0 bridgehead atoms. The maximum Gasteiger partial charge on any atom is 0.254 e. The monoisotopic (exact) mass is 384 g/mol. The lowest BCUT2D eigenvalue weighted by Gasteiger charge is -2.35. The predicted molar refractivity (Wildman–Crippen MR) is 107 cm³/mol. The molecule has 2 fully saturated rings. The normalized spacial score (nSPS) is 25.7. The van der Waals surface area contributed by atoms with E-state index in [4.69, 9.17) is 16.3 Å². The van der Waals surface area contributed by atoms with Crippen molar-refractivity contribution in [2.45, 2.75) is 44.1 Å². The molecule has 3 atom stereocenters. The molecule has 0 aromatic heterocycles. The number of hydrogen-bond donors (Lipinski definition) is 1. The third-order valence-corrected chi connectivity index (χ3v) is 5.78. The van der Waals surface area contributed by atoms with E-state index >= 15 is 0 Å². The van der Waals surface area contributed by atoms with E-state index in [0.29, 0.717) is 11.6 Å². The first-order chi connectivity index (χ1) is 13.2. The van der Waals surface area contributed by atoms with Gasteiger partial charge in [-0.25, -0.2) is 0 Å². The van der Waals surface area contributed by atoms with Crippen LogP contribution < -0.4 is 5.32 Å². The smallest absolute Gasteiger partial charge is 0.254 e. The van der Waals surface area contributed by atoms with Crippen LogP contribution in [0.3, 0.4) is 0 Å². The van der Waals surface area contributed by atoms with Crippen LogP contribution in [0, 0.1) is 0 Å². The van der Waals surface area contributed by atoms with Gasteiger partial charge in [-0.2, -0.15) is 0 Å². The molecule has 4 rings (SSSR count). The highest BCUT2D eigenvalue weighted by molar-refractivity contribution is 6.30. The van der Waals surface area contributed by atoms with Crippen molar-refractivity contribution < 1.29 is 9.53 Å². The molecule has 2 aromatic carbocycles. The first-order valence-corrected chi connectivity index (χ1v) is 10.0. The average Bonchev–Trinajstić information content (AvgIpc) is 2.85. The molecule has 2 aromatic rings. The Balaban J connectivity index is 1.61. The third kappa shape index (κ3) is 4.18. The zero-order valence-corrected chi connectivity index (χ0v) is 16.1. The molecule has 0 aliphatic carbocycles. The van der Waals surface area contributed by atoms with E-state index < -0.39 is 6.10 Å². The fourth-order valence-electron chi connectivity index (χ4n) is 4.07. The van der Waals surface area contributed by atoms with Gasteiger partial charge in [0, 0.05) is 24.2 Å². The van der Waals surface area contributed by atoms with Crippen molar-refractivity contribution in [2.24, 2.45) is 0 Å². The standard InChI is InChI=1S/C22H25ClN2O2/c23-18-11-9-17(10-12-18)20-21(27-15-16-6-2-1-3-7-16)22(26)25-13-5-4-8-19(25)14-24-20/h1-3,6-7,9-12,19-21,24H,4-5,8,13-15H2/t19-,20+,21-/m1/s1. The Kier molecular flexibility index (Phi) is 5.77. The average molecular weight is 385 g/mol. The lowest BCUT2D eigenvalue weighted by atomic mass is 10.00. The highest BCUT2D eigenvalue weighted by atomic mass is 35.5. The molecule has 2 aliphatic rings. The van der Waals surface area contributed by atoms with Crippen molar-refractivity contribution >= 4 is 17.5 Å². The van der Waals surface area contributed by atoms with Crippen molar-refractivity contribution in [2.75, 3.05) is 13.1 Å². The van der Waals surface area contributed by atoms with Crippen molar-refractivity contribution in [3.63, 3.8) is 0 Å². The van der Waals surface area contributed by atoms with Gasteiger partial charge in [0.1, 0.15) is 0 Å². The Morgan fingerprint density at radius 3 is 2.63 bits per heavy atom. The van der Waals surface area contributed by atoms with E-state index in [0.717, 1.165) is 37.1 Å². The quantitative estimate of drug-likeness (QED) is 0.867. The number of hydrogen-bond acceptors (Lipinski definition) is 3. The molecule has 1 N–H and O–H groups in total. The number of ether oxygens (including phenoxy) is 1. The molecule has 0 spiro atoms. The van der Waals surface area contributed by atoms with Crippen LogP contribution in [0.15, 0.2) is 54.6 Å². The first-order valence-electron chi connectivity index (χ1n) is 9.67. The summed E-state index contributed by atoms with van der Waals surface area (Å²) in [6, 6.07) is 17.8. The van der Waals surface area contributed by atoms with Gasteiger partial charge < -0.3 is 15.0 Å². The summed E-state index contributed by atoms with van der Waals surface area (Å²) in [5.41, 5.74) is 2.10. The Morgan fingerprint density at radius 1 is 1.07 bits per heavy atom. The molecule has 2 aliphatic heterocycles. The van der Waals surface area contributed by atoms with Gasteiger partial charge in [-0.1, -0.05) is 54.1 Å². The van der Waals surface area contributed by atoms with Gasteiger partial charge in [0.2, 0.25) is 0 Å². The Labute approximate surface area is 165 Å². The van der Waals surface area contributed by atoms with Crippen LogP contribution in [0.25, 0.3) is 0 Å². The minimum atomic E-state index is -0.547. The topological polar surface area (TPSA) is 41.6 Å². The van der Waals surface area contributed by atoms with Crippen molar-refractivity contribution in [3.05, 3.63) is 70.7 Å². The maximum absolute atomic E-state index is 13.4. The number of nitrogens with zero attached hydrogens (tertiary/aromatic N) is 1. The minimum absolute atomic E-state index is 0.0978. The highest BCUT2D eigenvalue weighted by Gasteiger charge is 2.40. The molecule has 1 amide bonds. The van der Waals surface area contributed by atoms with E-state index in [-0.39, 0.29) is 18.0 Å². The molecule has 142 valence electrons. The number of nitrogens with one attached hydrogen (secondary N) is 1. The Hall–Kier alpha value is -1.88. The van der Waals surface area contributed by atoms with Crippen LogP contribution in [0.5, 0.6) is 0 Å². The summed E-state index contributed by atoms with van der Waals surface area (Å²) in [7, 11) is 0. The summed E-state index contributed by atoms with van der Waals surface area (Å²) < 4.78 is 6.22. The van der Waals surface area contributed by atoms with Gasteiger partial charge in [0.25, 0.3) is 5.91 Å². The fourth-order valence-corrected chi connectivity index (χ4v) is 4.20. The SMILES string of the molecule is O=C1[C@H](OCc2ccccc2)[C@H](c2ccc(Cl)cc2)NC[C@H]2CCCCN12. The molecule has 0 saturated carbocycles. The summed E-state index contributed by atoms with van der Waals surface area (Å²) >= 11 is 6.06. The molecule has 2 saturated heterocycles. The summed E-state index contributed by atoms with van der Waals surface area (Å²) in [5.74, 6) is 0.0978. The number of halogens is 1. The highest BCUT2D eigenvalue weighted by Crippen LogP contribution is 2.29. The Morgan fingerprint density at radius 2 is 1.85 bits per heavy atom. The van der Waals surface area contributed by atoms with Crippen molar-refractivity contribution in [1.82, 2.24) is 10.2 Å². The maximum atomic E-state index is 13.4. The number of carbonyl (C=O) groups excluding carboxylic acids is 1. The summed E-state index contributed by atoms with van der Waals surface area (Å²) in [6.45, 7) is 2.04. The second-order valence-corrected chi connectivity index (χ2v) is 7.77. The molecule has 4 nitrogen and oxygen atoms in total. The number of carbonyl (C=O) groups is 1. The van der Waals surface area contributed by atoms with Crippen LogP contribution in [-0.4, -0.2) is 36.0 Å². The van der Waals surface area contributed by atoms with E-state index in [9.17, 15) is 4.79 Å². The van der Waals surface area contributed by atoms with Crippen molar-refractivity contribution in [3.8, 4) is 0 Å². The number of fused-ring (bicyclic) bond motifs is 1. The van der Waals surface area contributed by atoms with Crippen LogP contribution >= 0.6 is 11.6 Å². The van der Waals surface area contributed by atoms with E-state index in [2.05, 4.69) is 5.32 Å². The molecular weight excluding hydrogens is 360 g/mol. The van der Waals surface area contributed by atoms with Gasteiger partial charge in [-0.3, -0.25) is 4.79 Å². The van der Waals surface area contributed by atoms with Gasteiger partial charge in [-0.15, -0.1) is 0 Å². The van der Waals surface area contributed by atoms with Gasteiger partial charge >= 0.3 is 0 Å². The molecule has 0 radical (unpaired) electrons. The molecule has 2 heterocycles. The number of piperidine rings is 1. The van der Waals surface area contributed by atoms with E-state index in [1.54, 1.807) is 0 Å². The van der Waals surface area contributed by atoms with Crippen LogP contribution in [-0.2, 0) is 16.1 Å². The van der Waals surface area contributed by atoms with Crippen molar-refractivity contribution in [1.29, 1.82) is 0 Å². The van der Waals surface area contributed by atoms with Gasteiger partial charge in [0.15, 0.2) is 6.10 Å². The minimum Gasteiger partial charge on any atom is -0.362 e. The van der Waals surface area contributed by atoms with Crippen LogP contribution in [0.4, 0.5) is 0 Å². The largest absolute Gasteiger partial charge is 0.362 e. The van der Waals surface area contributed by atoms with E-state index in [1.807, 2.05) is 59.5 Å².